The van der Waals surface area contributed by atoms with Gasteiger partial charge >= 0.3 is 0 Å². The number of benzene rings is 11. The molecule has 0 aliphatic rings. The number of hydrogen-bond donors (Lipinski definition) is 0. The minimum absolute atomic E-state index is 0.173. The van der Waals surface area contributed by atoms with Crippen molar-refractivity contribution >= 4 is 38.6 Å². The van der Waals surface area contributed by atoms with Gasteiger partial charge in [0.15, 0.2) is 0 Å². The number of fused-ring (bicyclic) bond motifs is 2. The molecular weight excluding hydrogens is 759 g/mol. The first-order valence-corrected chi connectivity index (χ1v) is 20.1. The zero-order valence-corrected chi connectivity index (χ0v) is 33.3. The molecule has 1 nitrogen and oxygen atoms in total. The van der Waals surface area contributed by atoms with Crippen molar-refractivity contribution in [2.45, 2.75) is 0 Å². The Hall–Kier alpha value is -8.26. The van der Waals surface area contributed by atoms with E-state index in [2.05, 4.69) is 0 Å². The molecule has 0 aliphatic carbocycles. The first kappa shape index (κ1) is 22.5. The topological polar surface area (TPSA) is 3.24 Å². The van der Waals surface area contributed by atoms with Crippen LogP contribution in [0.1, 0.15) is 26.0 Å². The Morgan fingerprint density at radius 2 is 0.778 bits per heavy atom. The molecule has 0 saturated heterocycles. The van der Waals surface area contributed by atoms with Crippen molar-refractivity contribution in [1.82, 2.24) is 0 Å². The molecule has 0 saturated carbocycles. The Balaban J connectivity index is 1.21. The van der Waals surface area contributed by atoms with Gasteiger partial charge in [-0.3, -0.25) is 0 Å². The van der Waals surface area contributed by atoms with E-state index in [-0.39, 0.29) is 16.7 Å². The summed E-state index contributed by atoms with van der Waals surface area (Å²) in [5.41, 5.74) is 0.704. The number of rotatable bonds is 9. The second-order valence-corrected chi connectivity index (χ2v) is 14.6. The van der Waals surface area contributed by atoms with Crippen LogP contribution in [-0.4, -0.2) is 0 Å². The lowest BCUT2D eigenvalue weighted by Gasteiger charge is -2.26. The van der Waals surface area contributed by atoms with Gasteiger partial charge in [0, 0.05) is 17.1 Å². The van der Waals surface area contributed by atoms with Gasteiger partial charge in [-0.2, -0.15) is 0 Å². The molecule has 0 amide bonds. The predicted octanol–water partition coefficient (Wildman–Crippen LogP) is 17.5. The van der Waals surface area contributed by atoms with E-state index < -0.39 is 154 Å². The van der Waals surface area contributed by atoms with Crippen LogP contribution < -0.4 is 4.90 Å². The molecule has 1 heteroatoms. The lowest BCUT2D eigenvalue weighted by Crippen LogP contribution is -2.09. The highest BCUT2D eigenvalue weighted by molar-refractivity contribution is 6.04. The molecule has 0 fully saturated rings. The van der Waals surface area contributed by atoms with Gasteiger partial charge in [-0.15, -0.1) is 0 Å². The molecule has 63 heavy (non-hydrogen) atoms. The summed E-state index contributed by atoms with van der Waals surface area (Å²) in [5.74, 6) is 0. The summed E-state index contributed by atoms with van der Waals surface area (Å²) in [5, 5.41) is 0.531. The van der Waals surface area contributed by atoms with Gasteiger partial charge in [-0.05, 0) is 137 Å². The van der Waals surface area contributed by atoms with Crippen molar-refractivity contribution in [1.29, 1.82) is 0 Å². The largest absolute Gasteiger partial charge is 0.311 e. The summed E-state index contributed by atoms with van der Waals surface area (Å²) < 4.78 is 178. The summed E-state index contributed by atoms with van der Waals surface area (Å²) in [7, 11) is 0. The van der Waals surface area contributed by atoms with Gasteiger partial charge in [-0.1, -0.05) is 212 Å². The second-order valence-electron chi connectivity index (χ2n) is 14.6. The van der Waals surface area contributed by atoms with Gasteiger partial charge in [0.2, 0.25) is 0 Å². The normalized spacial score (nSPS) is 15.4. The standard InChI is InChI=1S/C62H43N/c1-4-15-47(16-5-1)58-40-33-54(43-61(58)48-17-6-2-7-18-48)46-28-36-56(37-29-46)63(55-34-26-45(27-35-55)53-25-24-44-14-10-11-22-52(44)42-53)57-38-30-50(31-39-57)60-41-32-49-19-12-13-23-59(49)62(60)51-20-8-3-9-21-51/h1-43H/i10D,11D,14D,22D,24D,25D,26D,27D,28D,29D,30D,31D,34D,35D,36D,37D,38D,39D,42D. The van der Waals surface area contributed by atoms with E-state index in [1.165, 1.54) is 0 Å². The van der Waals surface area contributed by atoms with Crippen LogP contribution >= 0.6 is 0 Å². The van der Waals surface area contributed by atoms with E-state index >= 15 is 0 Å². The van der Waals surface area contributed by atoms with Gasteiger partial charge in [0.25, 0.3) is 0 Å². The van der Waals surface area contributed by atoms with E-state index in [0.717, 1.165) is 27.5 Å². The van der Waals surface area contributed by atoms with Crippen molar-refractivity contribution in [3.63, 3.8) is 0 Å². The maximum absolute atomic E-state index is 9.87. The van der Waals surface area contributed by atoms with E-state index in [0.29, 0.717) is 27.2 Å². The fourth-order valence-corrected chi connectivity index (χ4v) is 7.72. The number of anilines is 3. The Labute approximate surface area is 396 Å². The number of hydrogen-bond acceptors (Lipinski definition) is 1. The summed E-state index contributed by atoms with van der Waals surface area (Å²) >= 11 is 0. The van der Waals surface area contributed by atoms with Crippen molar-refractivity contribution in [3.05, 3.63) is 260 Å². The smallest absolute Gasteiger partial charge is 0.0645 e. The molecule has 0 unspecified atom stereocenters. The SMILES string of the molecule is [2H]c1c([2H])c(N(c2c([2H])c([2H])c(-c3ccc4ccccc4c3-c3ccccc3)c([2H])c2[2H])c2c([2H])c([2H])c(-c3c([2H])c([2H])c4c([2H])c([2H])c([2H])c([2H])c4c3[2H])c([2H])c2[2H])c([2H])c([2H])c1-c1ccc(-c2ccccc2)c(-c2ccccc2)c1. The molecule has 0 aromatic heterocycles. The predicted molar refractivity (Wildman–Crippen MR) is 269 cm³/mol. The molecule has 0 heterocycles. The quantitative estimate of drug-likeness (QED) is 0.140. The zero-order chi connectivity index (χ0) is 58.5. The van der Waals surface area contributed by atoms with Crippen LogP contribution in [0.15, 0.2) is 260 Å². The van der Waals surface area contributed by atoms with E-state index in [1.54, 1.807) is 30.3 Å². The second kappa shape index (κ2) is 16.7. The molecule has 296 valence electrons. The van der Waals surface area contributed by atoms with Crippen LogP contribution in [0.3, 0.4) is 0 Å². The van der Waals surface area contributed by atoms with E-state index in [1.807, 2.05) is 115 Å². The van der Waals surface area contributed by atoms with Crippen molar-refractivity contribution < 1.29 is 26.0 Å². The molecule has 11 rings (SSSR count). The highest BCUT2D eigenvalue weighted by Gasteiger charge is 2.17. The van der Waals surface area contributed by atoms with Crippen molar-refractivity contribution in [3.8, 4) is 66.8 Å². The lowest BCUT2D eigenvalue weighted by atomic mass is 9.90. The van der Waals surface area contributed by atoms with E-state index in [9.17, 15) is 17.8 Å². The van der Waals surface area contributed by atoms with Crippen LogP contribution in [0, 0.1) is 0 Å². The van der Waals surface area contributed by atoms with Crippen molar-refractivity contribution in [2.24, 2.45) is 0 Å². The third-order valence-corrected chi connectivity index (χ3v) is 10.7. The monoisotopic (exact) mass is 820 g/mol. The Kier molecular flexibility index (Phi) is 5.96. The fourth-order valence-electron chi connectivity index (χ4n) is 7.72. The van der Waals surface area contributed by atoms with Gasteiger partial charge in [0.1, 0.15) is 0 Å². The molecule has 0 bridgehead atoms. The first-order chi connectivity index (χ1) is 39.2. The zero-order valence-electron chi connectivity index (χ0n) is 52.3. The Bertz CT molecular complexity index is 4410. The maximum Gasteiger partial charge on any atom is 0.0645 e. The molecular formula is C62H43N. The van der Waals surface area contributed by atoms with Crippen LogP contribution in [0.25, 0.3) is 88.3 Å². The van der Waals surface area contributed by atoms with Crippen LogP contribution in [0.4, 0.5) is 17.1 Å². The molecule has 0 radical (unpaired) electrons. The molecule has 0 atom stereocenters. The number of nitrogens with zero attached hydrogens (tertiary/aromatic N) is 1. The average Bonchev–Trinajstić information content (AvgIpc) is 2.39. The van der Waals surface area contributed by atoms with Crippen molar-refractivity contribution in [2.75, 3.05) is 4.90 Å². The molecule has 0 aliphatic heterocycles. The Morgan fingerprint density at radius 1 is 0.286 bits per heavy atom. The van der Waals surface area contributed by atoms with Crippen LogP contribution in [0.5, 0.6) is 0 Å². The molecule has 0 spiro atoms. The van der Waals surface area contributed by atoms with Crippen LogP contribution in [-0.2, 0) is 0 Å². The minimum atomic E-state index is -1.04. The fraction of sp³-hybridized carbons (Fsp3) is 0. The van der Waals surface area contributed by atoms with E-state index in [4.69, 9.17) is 8.22 Å². The summed E-state index contributed by atoms with van der Waals surface area (Å²) in [6.45, 7) is 0. The van der Waals surface area contributed by atoms with Gasteiger partial charge in [0.05, 0.1) is 26.0 Å². The maximum atomic E-state index is 9.87. The third-order valence-electron chi connectivity index (χ3n) is 10.7. The summed E-state index contributed by atoms with van der Waals surface area (Å²) in [6, 6.07) is 28.5. The summed E-state index contributed by atoms with van der Waals surface area (Å²) in [4.78, 5) is 0.669. The lowest BCUT2D eigenvalue weighted by molar-refractivity contribution is 1.28. The summed E-state index contributed by atoms with van der Waals surface area (Å²) in [6.07, 6.45) is 0. The highest BCUT2D eigenvalue weighted by atomic mass is 15.1. The third kappa shape index (κ3) is 7.47. The van der Waals surface area contributed by atoms with Gasteiger partial charge < -0.3 is 4.90 Å². The first-order valence-electron chi connectivity index (χ1n) is 29.6. The Morgan fingerprint density at radius 3 is 1.41 bits per heavy atom. The average molecular weight is 821 g/mol. The minimum Gasteiger partial charge on any atom is -0.311 e. The highest BCUT2D eigenvalue weighted by Crippen LogP contribution is 2.42. The molecule has 11 aromatic carbocycles. The van der Waals surface area contributed by atoms with Crippen LogP contribution in [0.2, 0.25) is 0 Å². The molecule has 0 N–H and O–H groups in total. The molecule has 11 aromatic rings. The van der Waals surface area contributed by atoms with Gasteiger partial charge in [-0.25, -0.2) is 0 Å².